The van der Waals surface area contributed by atoms with Gasteiger partial charge in [-0.25, -0.2) is 0 Å². The molecule has 0 atom stereocenters. The van der Waals surface area contributed by atoms with Crippen LogP contribution in [-0.4, -0.2) is 38.3 Å². The van der Waals surface area contributed by atoms with Crippen LogP contribution in [0.5, 0.6) is 11.5 Å². The van der Waals surface area contributed by atoms with Gasteiger partial charge in [-0.05, 0) is 32.0 Å². The van der Waals surface area contributed by atoms with E-state index < -0.39 is 0 Å². The van der Waals surface area contributed by atoms with Crippen molar-refractivity contribution in [3.05, 3.63) is 23.8 Å². The fourth-order valence-corrected chi connectivity index (χ4v) is 2.19. The minimum atomic E-state index is 0.212. The quantitative estimate of drug-likeness (QED) is 0.818. The van der Waals surface area contributed by atoms with E-state index >= 15 is 0 Å². The molecule has 1 heterocycles. The minimum Gasteiger partial charge on any atom is -0.492 e. The molecule has 1 aromatic rings. The summed E-state index contributed by atoms with van der Waals surface area (Å²) in [7, 11) is 3.69. The van der Waals surface area contributed by atoms with Gasteiger partial charge in [0.15, 0.2) is 11.5 Å². The molecule has 1 saturated heterocycles. The topological polar surface area (TPSA) is 45.5 Å². The largest absolute Gasteiger partial charge is 0.492 e. The van der Waals surface area contributed by atoms with Gasteiger partial charge in [0.1, 0.15) is 12.2 Å². The molecule has 96 valence electrons. The Morgan fingerprint density at radius 2 is 2.06 bits per heavy atom. The minimum absolute atomic E-state index is 0.212. The van der Waals surface area contributed by atoms with Gasteiger partial charge in [-0.2, -0.15) is 5.26 Å². The Morgan fingerprint density at radius 3 is 2.67 bits per heavy atom. The highest BCUT2D eigenvalue weighted by atomic mass is 16.5. The van der Waals surface area contributed by atoms with Crippen LogP contribution in [0.4, 0.5) is 0 Å². The van der Waals surface area contributed by atoms with Gasteiger partial charge in [-0.15, -0.1) is 0 Å². The predicted molar refractivity (Wildman–Crippen MR) is 68.9 cm³/mol. The van der Waals surface area contributed by atoms with Crippen molar-refractivity contribution in [1.29, 1.82) is 5.26 Å². The Bertz CT molecular complexity index is 446. The summed E-state index contributed by atoms with van der Waals surface area (Å²) in [6.07, 6.45) is 2.23. The van der Waals surface area contributed by atoms with Gasteiger partial charge < -0.3 is 14.4 Å². The van der Waals surface area contributed by atoms with Crippen LogP contribution < -0.4 is 9.47 Å². The SMILES string of the molecule is COc1c(C#N)cccc1OC1CCN(C)CC1. The molecule has 18 heavy (non-hydrogen) atoms. The molecule has 4 nitrogen and oxygen atoms in total. The van der Waals surface area contributed by atoms with Gasteiger partial charge in [0.25, 0.3) is 0 Å². The van der Waals surface area contributed by atoms with Crippen LogP contribution >= 0.6 is 0 Å². The average Bonchev–Trinajstić information content (AvgIpc) is 2.41. The van der Waals surface area contributed by atoms with Gasteiger partial charge in [-0.1, -0.05) is 6.07 Å². The fourth-order valence-electron chi connectivity index (χ4n) is 2.19. The van der Waals surface area contributed by atoms with Crippen molar-refractivity contribution >= 4 is 0 Å². The molecule has 1 fully saturated rings. The molecule has 0 aliphatic carbocycles. The van der Waals surface area contributed by atoms with E-state index in [-0.39, 0.29) is 6.10 Å². The lowest BCUT2D eigenvalue weighted by atomic mass is 10.1. The standard InChI is InChI=1S/C14H18N2O2/c1-16-8-6-12(7-9-16)18-13-5-3-4-11(10-15)14(13)17-2/h3-5,12H,6-9H2,1-2H3. The number of nitrogens with zero attached hydrogens (tertiary/aromatic N) is 2. The lowest BCUT2D eigenvalue weighted by Crippen LogP contribution is -2.35. The summed E-state index contributed by atoms with van der Waals surface area (Å²) in [4.78, 5) is 2.29. The summed E-state index contributed by atoms with van der Waals surface area (Å²) >= 11 is 0. The lowest BCUT2D eigenvalue weighted by molar-refractivity contribution is 0.111. The van der Waals surface area contributed by atoms with E-state index in [1.807, 2.05) is 12.1 Å². The zero-order valence-electron chi connectivity index (χ0n) is 10.8. The molecular weight excluding hydrogens is 228 g/mol. The molecule has 0 aromatic heterocycles. The highest BCUT2D eigenvalue weighted by molar-refractivity contribution is 5.52. The summed E-state index contributed by atoms with van der Waals surface area (Å²) in [6, 6.07) is 7.54. The van der Waals surface area contributed by atoms with Crippen LogP contribution in [0.15, 0.2) is 18.2 Å². The molecular formula is C14H18N2O2. The first-order valence-corrected chi connectivity index (χ1v) is 6.17. The Balaban J connectivity index is 2.12. The molecule has 1 aromatic carbocycles. The molecule has 1 aliphatic heterocycles. The second kappa shape index (κ2) is 5.74. The lowest BCUT2D eigenvalue weighted by Gasteiger charge is -2.29. The number of ether oxygens (including phenoxy) is 2. The molecule has 1 aliphatic rings. The number of para-hydroxylation sites is 1. The third kappa shape index (κ3) is 2.74. The smallest absolute Gasteiger partial charge is 0.178 e. The molecule has 0 radical (unpaired) electrons. The Labute approximate surface area is 108 Å². The van der Waals surface area contributed by atoms with Crippen LogP contribution in [0.2, 0.25) is 0 Å². The third-order valence-corrected chi connectivity index (χ3v) is 3.26. The van der Waals surface area contributed by atoms with E-state index in [1.54, 1.807) is 13.2 Å². The highest BCUT2D eigenvalue weighted by Gasteiger charge is 2.20. The van der Waals surface area contributed by atoms with Crippen LogP contribution in [0.25, 0.3) is 0 Å². The maximum atomic E-state index is 9.02. The van der Waals surface area contributed by atoms with Crippen molar-refractivity contribution in [3.63, 3.8) is 0 Å². The third-order valence-electron chi connectivity index (χ3n) is 3.26. The monoisotopic (exact) mass is 246 g/mol. The van der Waals surface area contributed by atoms with Gasteiger partial charge in [-0.3, -0.25) is 0 Å². The number of nitriles is 1. The maximum Gasteiger partial charge on any atom is 0.178 e. The molecule has 0 unspecified atom stereocenters. The van der Waals surface area contributed by atoms with Crippen molar-refractivity contribution in [1.82, 2.24) is 4.90 Å². The number of methoxy groups -OCH3 is 1. The van der Waals surface area contributed by atoms with Crippen LogP contribution in [-0.2, 0) is 0 Å². The van der Waals surface area contributed by atoms with Gasteiger partial charge in [0.05, 0.1) is 12.7 Å². The van der Waals surface area contributed by atoms with Crippen molar-refractivity contribution < 1.29 is 9.47 Å². The van der Waals surface area contributed by atoms with Crippen molar-refractivity contribution in [2.75, 3.05) is 27.2 Å². The number of piperidine rings is 1. The summed E-state index contributed by atoms with van der Waals surface area (Å²) in [5, 5.41) is 9.02. The van der Waals surface area contributed by atoms with E-state index in [9.17, 15) is 0 Å². The van der Waals surface area contributed by atoms with Crippen molar-refractivity contribution in [2.45, 2.75) is 18.9 Å². The van der Waals surface area contributed by atoms with E-state index in [4.69, 9.17) is 14.7 Å². The van der Waals surface area contributed by atoms with Crippen LogP contribution in [0.1, 0.15) is 18.4 Å². The van der Waals surface area contributed by atoms with E-state index in [0.29, 0.717) is 17.1 Å². The summed E-state index contributed by atoms with van der Waals surface area (Å²) < 4.78 is 11.2. The molecule has 0 spiro atoms. The predicted octanol–water partition coefficient (Wildman–Crippen LogP) is 2.04. The van der Waals surface area contributed by atoms with Crippen molar-refractivity contribution in [3.8, 4) is 17.6 Å². The summed E-state index contributed by atoms with van der Waals surface area (Å²) in [5.74, 6) is 1.21. The molecule has 0 N–H and O–H groups in total. The normalized spacial score (nSPS) is 17.2. The zero-order chi connectivity index (χ0) is 13.0. The summed E-state index contributed by atoms with van der Waals surface area (Å²) in [5.41, 5.74) is 0.517. The van der Waals surface area contributed by atoms with E-state index in [2.05, 4.69) is 18.0 Å². The molecule has 0 bridgehead atoms. The zero-order valence-corrected chi connectivity index (χ0v) is 10.8. The maximum absolute atomic E-state index is 9.02. The van der Waals surface area contributed by atoms with Gasteiger partial charge in [0, 0.05) is 13.1 Å². The van der Waals surface area contributed by atoms with Crippen LogP contribution in [0.3, 0.4) is 0 Å². The second-order valence-electron chi connectivity index (χ2n) is 4.57. The molecule has 0 saturated carbocycles. The first kappa shape index (κ1) is 12.7. The fraction of sp³-hybridized carbons (Fsp3) is 0.500. The molecule has 0 amide bonds. The molecule has 2 rings (SSSR count). The first-order chi connectivity index (χ1) is 8.74. The molecule has 4 heteroatoms. The van der Waals surface area contributed by atoms with E-state index in [0.717, 1.165) is 25.9 Å². The average molecular weight is 246 g/mol. The van der Waals surface area contributed by atoms with Crippen molar-refractivity contribution in [2.24, 2.45) is 0 Å². The number of rotatable bonds is 3. The summed E-state index contributed by atoms with van der Waals surface area (Å²) in [6.45, 7) is 2.09. The Morgan fingerprint density at radius 1 is 1.33 bits per heavy atom. The highest BCUT2D eigenvalue weighted by Crippen LogP contribution is 2.32. The van der Waals surface area contributed by atoms with Gasteiger partial charge in [0.2, 0.25) is 0 Å². The number of benzene rings is 1. The second-order valence-corrected chi connectivity index (χ2v) is 4.57. The Hall–Kier alpha value is -1.73. The number of likely N-dealkylation sites (tertiary alicyclic amines) is 1. The van der Waals surface area contributed by atoms with Gasteiger partial charge >= 0.3 is 0 Å². The number of hydrogen-bond donors (Lipinski definition) is 0. The first-order valence-electron chi connectivity index (χ1n) is 6.17. The van der Waals surface area contributed by atoms with Crippen LogP contribution in [0, 0.1) is 11.3 Å². The number of hydrogen-bond acceptors (Lipinski definition) is 4. The Kier molecular flexibility index (Phi) is 4.06. The van der Waals surface area contributed by atoms with E-state index in [1.165, 1.54) is 0 Å².